The molecule has 1 amide bonds. The van der Waals surface area contributed by atoms with Gasteiger partial charge in [0.1, 0.15) is 5.69 Å². The number of amides is 1. The molecule has 5 rings (SSSR count). The number of aromatic amines is 1. The van der Waals surface area contributed by atoms with E-state index < -0.39 is 0 Å². The Labute approximate surface area is 158 Å². The van der Waals surface area contributed by atoms with E-state index in [1.165, 1.54) is 0 Å². The van der Waals surface area contributed by atoms with Gasteiger partial charge in [0.05, 0.1) is 6.04 Å². The van der Waals surface area contributed by atoms with Crippen molar-refractivity contribution in [2.45, 2.75) is 18.9 Å². The van der Waals surface area contributed by atoms with Crippen LogP contribution in [0.1, 0.15) is 35.2 Å². The van der Waals surface area contributed by atoms with Crippen LogP contribution in [0.5, 0.6) is 0 Å². The van der Waals surface area contributed by atoms with Crippen LogP contribution < -0.4 is 0 Å². The van der Waals surface area contributed by atoms with Crippen molar-refractivity contribution in [1.82, 2.24) is 24.5 Å². The van der Waals surface area contributed by atoms with Crippen molar-refractivity contribution in [2.75, 3.05) is 6.54 Å². The normalized spacial score (nSPS) is 17.4. The second kappa shape index (κ2) is 5.95. The molecule has 0 bridgehead atoms. The molecule has 1 atom stereocenters. The highest BCUT2D eigenvalue weighted by atomic mass is 79.9. The van der Waals surface area contributed by atoms with Gasteiger partial charge >= 0.3 is 0 Å². The molecule has 1 saturated heterocycles. The van der Waals surface area contributed by atoms with Gasteiger partial charge in [0.2, 0.25) is 0 Å². The first-order valence-corrected chi connectivity index (χ1v) is 9.39. The second-order valence-electron chi connectivity index (χ2n) is 6.56. The van der Waals surface area contributed by atoms with Crippen molar-refractivity contribution in [2.24, 2.45) is 0 Å². The van der Waals surface area contributed by atoms with Gasteiger partial charge in [0, 0.05) is 28.1 Å². The Kier molecular flexibility index (Phi) is 3.56. The van der Waals surface area contributed by atoms with Gasteiger partial charge in [0.15, 0.2) is 11.5 Å². The molecule has 1 aromatic carbocycles. The van der Waals surface area contributed by atoms with Gasteiger partial charge in [-0.25, -0.2) is 0 Å². The summed E-state index contributed by atoms with van der Waals surface area (Å²) in [6, 6.07) is 13.6. The topological polar surface area (TPSA) is 66.3 Å². The average molecular weight is 410 g/mol. The molecule has 3 aromatic heterocycles. The molecule has 1 fully saturated rings. The van der Waals surface area contributed by atoms with Gasteiger partial charge in [-0.2, -0.15) is 0 Å². The zero-order valence-electron chi connectivity index (χ0n) is 13.9. The second-order valence-corrected chi connectivity index (χ2v) is 7.47. The molecule has 4 aromatic rings. The first-order chi connectivity index (χ1) is 12.7. The van der Waals surface area contributed by atoms with E-state index in [9.17, 15) is 4.79 Å². The highest BCUT2D eigenvalue weighted by molar-refractivity contribution is 9.10. The minimum absolute atomic E-state index is 0.00695. The summed E-state index contributed by atoms with van der Waals surface area (Å²) in [6.07, 6.45) is 3.81. The highest BCUT2D eigenvalue weighted by Gasteiger charge is 2.34. The van der Waals surface area contributed by atoms with Crippen LogP contribution in [0.15, 0.2) is 53.1 Å². The van der Waals surface area contributed by atoms with Crippen LogP contribution >= 0.6 is 15.9 Å². The third kappa shape index (κ3) is 2.42. The minimum atomic E-state index is -0.0574. The zero-order chi connectivity index (χ0) is 17.7. The molecule has 1 N–H and O–H groups in total. The number of pyridine rings is 1. The molecule has 1 aliphatic heterocycles. The van der Waals surface area contributed by atoms with Crippen LogP contribution in [0, 0.1) is 0 Å². The largest absolute Gasteiger partial charge is 0.351 e. The molecule has 130 valence electrons. The molecule has 1 aliphatic rings. The minimum Gasteiger partial charge on any atom is -0.351 e. The van der Waals surface area contributed by atoms with E-state index in [0.717, 1.165) is 46.2 Å². The molecule has 4 heterocycles. The van der Waals surface area contributed by atoms with Crippen LogP contribution in [0.25, 0.3) is 16.6 Å². The number of hydrogen-bond donors (Lipinski definition) is 1. The Morgan fingerprint density at radius 1 is 1.19 bits per heavy atom. The fourth-order valence-corrected chi connectivity index (χ4v) is 4.12. The number of benzene rings is 1. The average Bonchev–Trinajstić information content (AvgIpc) is 3.37. The maximum Gasteiger partial charge on any atom is 0.270 e. The predicted octanol–water partition coefficient (Wildman–Crippen LogP) is 3.95. The maximum absolute atomic E-state index is 13.2. The third-order valence-electron chi connectivity index (χ3n) is 4.97. The number of fused-ring (bicyclic) bond motifs is 2. The van der Waals surface area contributed by atoms with Gasteiger partial charge in [-0.3, -0.25) is 9.20 Å². The lowest BCUT2D eigenvalue weighted by atomic mass is 10.2. The summed E-state index contributed by atoms with van der Waals surface area (Å²) >= 11 is 3.48. The first kappa shape index (κ1) is 15.6. The van der Waals surface area contributed by atoms with E-state index in [2.05, 4.69) is 31.1 Å². The number of aromatic nitrogens is 4. The van der Waals surface area contributed by atoms with Gasteiger partial charge in [-0.1, -0.05) is 22.0 Å². The van der Waals surface area contributed by atoms with E-state index in [1.54, 1.807) is 0 Å². The Hall–Kier alpha value is -2.67. The fraction of sp³-hybridized carbons (Fsp3) is 0.211. The van der Waals surface area contributed by atoms with E-state index >= 15 is 0 Å². The molecular weight excluding hydrogens is 394 g/mol. The van der Waals surface area contributed by atoms with E-state index in [0.29, 0.717) is 5.69 Å². The Bertz CT molecular complexity index is 1130. The Morgan fingerprint density at radius 3 is 3.04 bits per heavy atom. The van der Waals surface area contributed by atoms with Gasteiger partial charge in [-0.05, 0) is 49.2 Å². The Morgan fingerprint density at radius 2 is 2.12 bits per heavy atom. The number of carbonyl (C=O) groups is 1. The molecule has 0 unspecified atom stereocenters. The molecule has 0 radical (unpaired) electrons. The third-order valence-corrected chi connectivity index (χ3v) is 5.46. The summed E-state index contributed by atoms with van der Waals surface area (Å²) in [5.41, 5.74) is 2.37. The number of H-pyrrole nitrogens is 1. The van der Waals surface area contributed by atoms with Crippen molar-refractivity contribution in [3.8, 4) is 0 Å². The van der Waals surface area contributed by atoms with Crippen LogP contribution in [-0.4, -0.2) is 36.9 Å². The molecule has 0 aliphatic carbocycles. The smallest absolute Gasteiger partial charge is 0.270 e. The van der Waals surface area contributed by atoms with Crippen LogP contribution in [0.4, 0.5) is 0 Å². The highest BCUT2D eigenvalue weighted by Crippen LogP contribution is 2.33. The predicted molar refractivity (Wildman–Crippen MR) is 102 cm³/mol. The zero-order valence-corrected chi connectivity index (χ0v) is 15.5. The molecular formula is C19H16BrN5O. The Balaban J connectivity index is 1.52. The van der Waals surface area contributed by atoms with Gasteiger partial charge in [-0.15, -0.1) is 10.2 Å². The molecule has 0 saturated carbocycles. The lowest BCUT2D eigenvalue weighted by Gasteiger charge is -2.22. The fourth-order valence-electron chi connectivity index (χ4n) is 3.74. The van der Waals surface area contributed by atoms with E-state index in [-0.39, 0.29) is 11.9 Å². The molecule has 0 spiro atoms. The standard InChI is InChI=1S/C19H16BrN5O/c20-13-6-7-14-12(10-13)11-15(21-14)19(26)24-9-3-4-16(24)18-23-22-17-5-1-2-8-25(17)18/h1-2,5-8,10-11,16,21H,3-4,9H2/t16-/m0/s1. The van der Waals surface area contributed by atoms with Crippen molar-refractivity contribution in [3.05, 3.63) is 64.7 Å². The van der Waals surface area contributed by atoms with Crippen LogP contribution in [0.3, 0.4) is 0 Å². The number of halogens is 1. The summed E-state index contributed by atoms with van der Waals surface area (Å²) in [5, 5.41) is 9.62. The van der Waals surface area contributed by atoms with Crippen molar-refractivity contribution >= 4 is 38.4 Å². The first-order valence-electron chi connectivity index (χ1n) is 8.59. The lowest BCUT2D eigenvalue weighted by Crippen LogP contribution is -2.31. The van der Waals surface area contributed by atoms with Gasteiger partial charge < -0.3 is 9.88 Å². The van der Waals surface area contributed by atoms with Crippen molar-refractivity contribution < 1.29 is 4.79 Å². The van der Waals surface area contributed by atoms with Crippen LogP contribution in [0.2, 0.25) is 0 Å². The summed E-state index contributed by atoms with van der Waals surface area (Å²) in [5.74, 6) is 0.831. The van der Waals surface area contributed by atoms with Crippen molar-refractivity contribution in [1.29, 1.82) is 0 Å². The van der Waals surface area contributed by atoms with Crippen LogP contribution in [-0.2, 0) is 0 Å². The lowest BCUT2D eigenvalue weighted by molar-refractivity contribution is 0.0724. The monoisotopic (exact) mass is 409 g/mol. The molecule has 6 nitrogen and oxygen atoms in total. The van der Waals surface area contributed by atoms with E-state index in [4.69, 9.17) is 0 Å². The molecule has 7 heteroatoms. The van der Waals surface area contributed by atoms with E-state index in [1.807, 2.05) is 58.0 Å². The summed E-state index contributed by atoms with van der Waals surface area (Å²) in [7, 11) is 0. The number of likely N-dealkylation sites (tertiary alicyclic amines) is 1. The number of nitrogens with one attached hydrogen (secondary N) is 1. The number of hydrogen-bond acceptors (Lipinski definition) is 3. The summed E-state index contributed by atoms with van der Waals surface area (Å²) in [6.45, 7) is 0.726. The van der Waals surface area contributed by atoms with Crippen molar-refractivity contribution in [3.63, 3.8) is 0 Å². The maximum atomic E-state index is 13.2. The summed E-state index contributed by atoms with van der Waals surface area (Å²) < 4.78 is 2.97. The SMILES string of the molecule is O=C(c1cc2cc(Br)ccc2[nH]1)N1CCC[C@H]1c1nnc2ccccn12. The van der Waals surface area contributed by atoms with Gasteiger partial charge in [0.25, 0.3) is 5.91 Å². The molecule has 26 heavy (non-hydrogen) atoms. The number of rotatable bonds is 2. The summed E-state index contributed by atoms with van der Waals surface area (Å²) in [4.78, 5) is 18.3. The number of carbonyl (C=O) groups excluding carboxylic acids is 1. The quantitative estimate of drug-likeness (QED) is 0.544. The number of nitrogens with zero attached hydrogens (tertiary/aromatic N) is 4.